The maximum absolute atomic E-state index is 13.1. The van der Waals surface area contributed by atoms with Crippen LogP contribution in [0.15, 0.2) is 41.3 Å². The maximum atomic E-state index is 13.1. The number of rotatable bonds is 4. The number of hydrogen-bond acceptors (Lipinski definition) is 2. The second-order valence-electron chi connectivity index (χ2n) is 4.12. The molecule has 0 aliphatic carbocycles. The smallest absolute Gasteiger partial charge is 0.207 e. The fraction of sp³-hybridized carbons (Fsp3) is 0.0769. The SMILES string of the molecule is O=S(=O)(NCc1ccc(F)c(F)c1)c1c(Cl)cccc1Cl. The molecule has 0 amide bonds. The van der Waals surface area contributed by atoms with Crippen molar-refractivity contribution in [3.8, 4) is 0 Å². The van der Waals surface area contributed by atoms with Gasteiger partial charge in [0.05, 0.1) is 10.0 Å². The third-order valence-electron chi connectivity index (χ3n) is 2.64. The summed E-state index contributed by atoms with van der Waals surface area (Å²) < 4.78 is 52.4. The van der Waals surface area contributed by atoms with Crippen LogP contribution in [0.4, 0.5) is 8.78 Å². The molecular weight excluding hydrogens is 343 g/mol. The van der Waals surface area contributed by atoms with E-state index in [1.807, 2.05) is 0 Å². The summed E-state index contributed by atoms with van der Waals surface area (Å²) in [6, 6.07) is 7.39. The van der Waals surface area contributed by atoms with Crippen LogP contribution in [0.25, 0.3) is 0 Å². The molecule has 2 aromatic rings. The van der Waals surface area contributed by atoms with E-state index < -0.39 is 21.7 Å². The van der Waals surface area contributed by atoms with Gasteiger partial charge in [-0.25, -0.2) is 21.9 Å². The third-order valence-corrected chi connectivity index (χ3v) is 4.99. The fourth-order valence-electron chi connectivity index (χ4n) is 1.64. The van der Waals surface area contributed by atoms with Crippen LogP contribution in [0, 0.1) is 11.6 Å². The minimum absolute atomic E-state index is 0.0275. The summed E-state index contributed by atoms with van der Waals surface area (Å²) >= 11 is 11.7. The van der Waals surface area contributed by atoms with E-state index in [0.29, 0.717) is 0 Å². The zero-order valence-corrected chi connectivity index (χ0v) is 12.7. The second kappa shape index (κ2) is 6.27. The molecule has 0 heterocycles. The van der Waals surface area contributed by atoms with Gasteiger partial charge in [-0.2, -0.15) is 0 Å². The molecule has 0 saturated carbocycles. The number of nitrogens with one attached hydrogen (secondary N) is 1. The Bertz CT molecular complexity index is 761. The van der Waals surface area contributed by atoms with Gasteiger partial charge in [-0.05, 0) is 29.8 Å². The van der Waals surface area contributed by atoms with E-state index in [2.05, 4.69) is 4.72 Å². The summed E-state index contributed by atoms with van der Waals surface area (Å²) in [5, 5.41) is -0.0550. The quantitative estimate of drug-likeness (QED) is 0.911. The van der Waals surface area contributed by atoms with E-state index >= 15 is 0 Å². The lowest BCUT2D eigenvalue weighted by atomic mass is 10.2. The molecule has 0 fully saturated rings. The molecule has 2 aromatic carbocycles. The molecule has 0 atom stereocenters. The summed E-state index contributed by atoms with van der Waals surface area (Å²) in [6.45, 7) is -0.221. The molecule has 0 aliphatic heterocycles. The highest BCUT2D eigenvalue weighted by Gasteiger charge is 2.21. The maximum Gasteiger partial charge on any atom is 0.243 e. The summed E-state index contributed by atoms with van der Waals surface area (Å²) in [7, 11) is -3.97. The standard InChI is InChI=1S/C13H9Cl2F2NO2S/c14-9-2-1-3-10(15)13(9)21(19,20)18-7-8-4-5-11(16)12(17)6-8/h1-6,18H,7H2. The Morgan fingerprint density at radius 3 is 2.19 bits per heavy atom. The van der Waals surface area contributed by atoms with Crippen LogP contribution in [0.3, 0.4) is 0 Å². The van der Waals surface area contributed by atoms with Crippen molar-refractivity contribution in [2.45, 2.75) is 11.4 Å². The molecule has 0 aliphatic rings. The first-order chi connectivity index (χ1) is 9.81. The van der Waals surface area contributed by atoms with E-state index in [1.54, 1.807) is 0 Å². The average Bonchev–Trinajstić information content (AvgIpc) is 2.40. The summed E-state index contributed by atoms with van der Waals surface area (Å²) in [5.41, 5.74) is 0.264. The molecule has 21 heavy (non-hydrogen) atoms. The number of sulfonamides is 1. The highest BCUT2D eigenvalue weighted by Crippen LogP contribution is 2.28. The van der Waals surface area contributed by atoms with Gasteiger partial charge in [0.2, 0.25) is 10.0 Å². The van der Waals surface area contributed by atoms with Crippen molar-refractivity contribution >= 4 is 33.2 Å². The van der Waals surface area contributed by atoms with E-state index in [-0.39, 0.29) is 27.0 Å². The molecule has 0 unspecified atom stereocenters. The molecule has 8 heteroatoms. The van der Waals surface area contributed by atoms with E-state index in [1.165, 1.54) is 24.3 Å². The number of hydrogen-bond donors (Lipinski definition) is 1. The Kier molecular flexibility index (Phi) is 4.83. The number of benzene rings is 2. The molecule has 2 rings (SSSR count). The van der Waals surface area contributed by atoms with Gasteiger partial charge in [0.1, 0.15) is 4.90 Å². The van der Waals surface area contributed by atoms with Gasteiger partial charge in [-0.1, -0.05) is 35.3 Å². The first-order valence-corrected chi connectivity index (χ1v) is 7.93. The molecule has 0 spiro atoms. The average molecular weight is 352 g/mol. The van der Waals surface area contributed by atoms with E-state index in [9.17, 15) is 17.2 Å². The Morgan fingerprint density at radius 1 is 1.00 bits per heavy atom. The largest absolute Gasteiger partial charge is 0.243 e. The normalized spacial score (nSPS) is 11.6. The summed E-state index contributed by atoms with van der Waals surface area (Å²) in [6.07, 6.45) is 0. The van der Waals surface area contributed by atoms with Crippen LogP contribution in [0.2, 0.25) is 10.0 Å². The molecule has 1 N–H and O–H groups in total. The van der Waals surface area contributed by atoms with Gasteiger partial charge in [0.25, 0.3) is 0 Å². The lowest BCUT2D eigenvalue weighted by molar-refractivity contribution is 0.506. The van der Waals surface area contributed by atoms with E-state index in [0.717, 1.165) is 12.1 Å². The van der Waals surface area contributed by atoms with Crippen molar-refractivity contribution in [3.63, 3.8) is 0 Å². The van der Waals surface area contributed by atoms with Crippen molar-refractivity contribution in [3.05, 3.63) is 63.6 Å². The first-order valence-electron chi connectivity index (χ1n) is 5.69. The summed E-state index contributed by atoms with van der Waals surface area (Å²) in [5.74, 6) is -2.06. The zero-order valence-electron chi connectivity index (χ0n) is 10.4. The lowest BCUT2D eigenvalue weighted by Crippen LogP contribution is -2.24. The lowest BCUT2D eigenvalue weighted by Gasteiger charge is -2.10. The highest BCUT2D eigenvalue weighted by atomic mass is 35.5. The fourth-order valence-corrected chi connectivity index (χ4v) is 3.80. The Balaban J connectivity index is 2.24. The van der Waals surface area contributed by atoms with Gasteiger partial charge in [0, 0.05) is 6.54 Å². The molecule has 3 nitrogen and oxygen atoms in total. The van der Waals surface area contributed by atoms with Crippen LogP contribution in [-0.2, 0) is 16.6 Å². The molecule has 0 bridgehead atoms. The zero-order chi connectivity index (χ0) is 15.6. The predicted molar refractivity (Wildman–Crippen MR) is 76.8 cm³/mol. The van der Waals surface area contributed by atoms with Gasteiger partial charge in [-0.15, -0.1) is 0 Å². The highest BCUT2D eigenvalue weighted by molar-refractivity contribution is 7.89. The Morgan fingerprint density at radius 2 is 1.62 bits per heavy atom. The molecular formula is C13H9Cl2F2NO2S. The van der Waals surface area contributed by atoms with Crippen molar-refractivity contribution < 1.29 is 17.2 Å². The summed E-state index contributed by atoms with van der Waals surface area (Å²) in [4.78, 5) is -0.254. The molecule has 0 aromatic heterocycles. The van der Waals surface area contributed by atoms with Crippen LogP contribution in [0.1, 0.15) is 5.56 Å². The van der Waals surface area contributed by atoms with Crippen molar-refractivity contribution in [2.24, 2.45) is 0 Å². The topological polar surface area (TPSA) is 46.2 Å². The van der Waals surface area contributed by atoms with Crippen molar-refractivity contribution in [1.82, 2.24) is 4.72 Å². The second-order valence-corrected chi connectivity index (χ2v) is 6.64. The first kappa shape index (κ1) is 16.2. The Labute approximate surface area is 130 Å². The van der Waals surface area contributed by atoms with Gasteiger partial charge in [-0.3, -0.25) is 0 Å². The monoisotopic (exact) mass is 351 g/mol. The molecule has 112 valence electrons. The van der Waals surface area contributed by atoms with Gasteiger partial charge < -0.3 is 0 Å². The van der Waals surface area contributed by atoms with Crippen LogP contribution >= 0.6 is 23.2 Å². The van der Waals surface area contributed by atoms with Crippen molar-refractivity contribution in [1.29, 1.82) is 0 Å². The van der Waals surface area contributed by atoms with Crippen molar-refractivity contribution in [2.75, 3.05) is 0 Å². The minimum Gasteiger partial charge on any atom is -0.207 e. The Hall–Kier alpha value is -1.21. The molecule has 0 saturated heterocycles. The predicted octanol–water partition coefficient (Wildman–Crippen LogP) is 3.75. The van der Waals surface area contributed by atoms with Gasteiger partial charge in [0.15, 0.2) is 11.6 Å². The van der Waals surface area contributed by atoms with Crippen LogP contribution in [0.5, 0.6) is 0 Å². The number of halogens is 4. The van der Waals surface area contributed by atoms with E-state index in [4.69, 9.17) is 23.2 Å². The minimum atomic E-state index is -3.97. The van der Waals surface area contributed by atoms with Crippen LogP contribution in [-0.4, -0.2) is 8.42 Å². The van der Waals surface area contributed by atoms with Crippen LogP contribution < -0.4 is 4.72 Å². The molecule has 0 radical (unpaired) electrons. The third kappa shape index (κ3) is 3.71. The van der Waals surface area contributed by atoms with Gasteiger partial charge >= 0.3 is 0 Å².